The van der Waals surface area contributed by atoms with Gasteiger partial charge in [-0.1, -0.05) is 30.3 Å². The van der Waals surface area contributed by atoms with E-state index in [1.165, 1.54) is 5.56 Å². The fourth-order valence-electron chi connectivity index (χ4n) is 3.18. The molecule has 1 aliphatic rings. The Bertz CT molecular complexity index is 361. The molecule has 1 aliphatic heterocycles. The highest BCUT2D eigenvalue weighted by atomic mass is 16.5. The maximum Gasteiger partial charge on any atom is 0.0629 e. The quantitative estimate of drug-likeness (QED) is 0.885. The first-order valence-electron chi connectivity index (χ1n) is 7.01. The van der Waals surface area contributed by atoms with Crippen molar-refractivity contribution < 1.29 is 4.74 Å². The lowest BCUT2D eigenvalue weighted by molar-refractivity contribution is -0.0771. The van der Waals surface area contributed by atoms with Crippen LogP contribution in [0.2, 0.25) is 0 Å². The van der Waals surface area contributed by atoms with Gasteiger partial charge in [-0.25, -0.2) is 0 Å². The molecule has 0 aromatic heterocycles. The molecule has 0 spiro atoms. The van der Waals surface area contributed by atoms with Crippen LogP contribution in [0.1, 0.15) is 44.6 Å². The second-order valence-electron chi connectivity index (χ2n) is 5.96. The molecule has 2 nitrogen and oxygen atoms in total. The number of benzene rings is 1. The van der Waals surface area contributed by atoms with E-state index in [0.717, 1.165) is 32.4 Å². The van der Waals surface area contributed by atoms with Gasteiger partial charge in [-0.05, 0) is 57.1 Å². The molecule has 0 aliphatic carbocycles. The lowest BCUT2D eigenvalue weighted by Crippen LogP contribution is -2.36. The molecule has 0 saturated carbocycles. The Balaban J connectivity index is 2.15. The summed E-state index contributed by atoms with van der Waals surface area (Å²) >= 11 is 0. The second kappa shape index (κ2) is 5.85. The molecule has 2 atom stereocenters. The van der Waals surface area contributed by atoms with E-state index in [1.54, 1.807) is 0 Å². The summed E-state index contributed by atoms with van der Waals surface area (Å²) in [6.07, 6.45) is 3.36. The van der Waals surface area contributed by atoms with E-state index in [-0.39, 0.29) is 5.60 Å². The molecule has 2 N–H and O–H groups in total. The summed E-state index contributed by atoms with van der Waals surface area (Å²) in [6.45, 7) is 6.04. The zero-order valence-electron chi connectivity index (χ0n) is 11.6. The molecule has 2 heteroatoms. The summed E-state index contributed by atoms with van der Waals surface area (Å²) in [6, 6.07) is 10.8. The van der Waals surface area contributed by atoms with Crippen molar-refractivity contribution in [3.63, 3.8) is 0 Å². The van der Waals surface area contributed by atoms with Gasteiger partial charge in [0.05, 0.1) is 5.60 Å². The van der Waals surface area contributed by atoms with Gasteiger partial charge in [0, 0.05) is 6.61 Å². The summed E-state index contributed by atoms with van der Waals surface area (Å²) in [4.78, 5) is 0. The van der Waals surface area contributed by atoms with Crippen LogP contribution in [-0.2, 0) is 4.74 Å². The molecule has 1 aromatic rings. The molecule has 0 amide bonds. The van der Waals surface area contributed by atoms with Crippen molar-refractivity contribution in [1.29, 1.82) is 0 Å². The highest BCUT2D eigenvalue weighted by Gasteiger charge is 2.33. The van der Waals surface area contributed by atoms with Crippen molar-refractivity contribution in [2.45, 2.75) is 44.6 Å². The molecule has 100 valence electrons. The van der Waals surface area contributed by atoms with Crippen molar-refractivity contribution >= 4 is 0 Å². The number of nitrogens with two attached hydrogens (primary N) is 1. The monoisotopic (exact) mass is 247 g/mol. The van der Waals surface area contributed by atoms with Crippen LogP contribution in [0.4, 0.5) is 0 Å². The van der Waals surface area contributed by atoms with Crippen molar-refractivity contribution in [2.75, 3.05) is 13.2 Å². The Kier molecular flexibility index (Phi) is 4.41. The van der Waals surface area contributed by atoms with Gasteiger partial charge < -0.3 is 10.5 Å². The maximum atomic E-state index is 5.83. The SMILES string of the molecule is CC1(C)C[C@H]([C@H](CCN)c2ccccc2)CCO1. The Morgan fingerprint density at radius 2 is 2.06 bits per heavy atom. The van der Waals surface area contributed by atoms with E-state index < -0.39 is 0 Å². The first-order valence-corrected chi connectivity index (χ1v) is 7.01. The first kappa shape index (κ1) is 13.6. The van der Waals surface area contributed by atoms with Crippen LogP contribution in [-0.4, -0.2) is 18.8 Å². The van der Waals surface area contributed by atoms with Gasteiger partial charge in [0.2, 0.25) is 0 Å². The first-order chi connectivity index (χ1) is 8.62. The fourth-order valence-corrected chi connectivity index (χ4v) is 3.18. The number of hydrogen-bond acceptors (Lipinski definition) is 2. The summed E-state index contributed by atoms with van der Waals surface area (Å²) in [5.41, 5.74) is 7.26. The van der Waals surface area contributed by atoms with Crippen LogP contribution in [0.5, 0.6) is 0 Å². The summed E-state index contributed by atoms with van der Waals surface area (Å²) in [5, 5.41) is 0. The Hall–Kier alpha value is -0.860. The van der Waals surface area contributed by atoms with Crippen LogP contribution in [0.3, 0.4) is 0 Å². The average molecular weight is 247 g/mol. The predicted octanol–water partition coefficient (Wildman–Crippen LogP) is 3.32. The zero-order chi connectivity index (χ0) is 13.0. The highest BCUT2D eigenvalue weighted by Crippen LogP contribution is 2.39. The van der Waals surface area contributed by atoms with Gasteiger partial charge in [-0.3, -0.25) is 0 Å². The van der Waals surface area contributed by atoms with Gasteiger partial charge >= 0.3 is 0 Å². The van der Waals surface area contributed by atoms with Crippen molar-refractivity contribution in [3.8, 4) is 0 Å². The van der Waals surface area contributed by atoms with Gasteiger partial charge in [0.15, 0.2) is 0 Å². The normalized spacial score (nSPS) is 24.7. The highest BCUT2D eigenvalue weighted by molar-refractivity contribution is 5.20. The van der Waals surface area contributed by atoms with E-state index in [2.05, 4.69) is 44.2 Å². The predicted molar refractivity (Wildman–Crippen MR) is 75.6 cm³/mol. The molecule has 1 aromatic carbocycles. The molecular weight excluding hydrogens is 222 g/mol. The third-order valence-corrected chi connectivity index (χ3v) is 4.01. The smallest absolute Gasteiger partial charge is 0.0629 e. The van der Waals surface area contributed by atoms with E-state index in [1.807, 2.05) is 0 Å². The van der Waals surface area contributed by atoms with Crippen molar-refractivity contribution in [2.24, 2.45) is 11.7 Å². The largest absolute Gasteiger partial charge is 0.376 e. The summed E-state index contributed by atoms with van der Waals surface area (Å²) in [7, 11) is 0. The molecule has 1 saturated heterocycles. The van der Waals surface area contributed by atoms with Crippen LogP contribution < -0.4 is 5.73 Å². The van der Waals surface area contributed by atoms with Gasteiger partial charge in [0.1, 0.15) is 0 Å². The fraction of sp³-hybridized carbons (Fsp3) is 0.625. The average Bonchev–Trinajstić information content (AvgIpc) is 2.36. The van der Waals surface area contributed by atoms with Crippen LogP contribution in [0, 0.1) is 5.92 Å². The van der Waals surface area contributed by atoms with Crippen LogP contribution >= 0.6 is 0 Å². The van der Waals surface area contributed by atoms with E-state index in [0.29, 0.717) is 11.8 Å². The Labute approximate surface area is 111 Å². The van der Waals surface area contributed by atoms with E-state index >= 15 is 0 Å². The lowest BCUT2D eigenvalue weighted by atomic mass is 9.75. The second-order valence-corrected chi connectivity index (χ2v) is 5.96. The molecule has 2 rings (SSSR count). The molecule has 0 unspecified atom stereocenters. The Morgan fingerprint density at radius 3 is 2.67 bits per heavy atom. The molecule has 0 radical (unpaired) electrons. The number of hydrogen-bond donors (Lipinski definition) is 1. The molecule has 0 bridgehead atoms. The number of rotatable bonds is 4. The maximum absolute atomic E-state index is 5.83. The number of ether oxygens (including phenoxy) is 1. The van der Waals surface area contributed by atoms with Crippen LogP contribution in [0.25, 0.3) is 0 Å². The Morgan fingerprint density at radius 1 is 1.33 bits per heavy atom. The topological polar surface area (TPSA) is 35.2 Å². The van der Waals surface area contributed by atoms with Crippen molar-refractivity contribution in [3.05, 3.63) is 35.9 Å². The standard InChI is InChI=1S/C16H25NO/c1-16(2)12-14(9-11-18-16)15(8-10-17)13-6-4-3-5-7-13/h3-7,14-15H,8-12,17H2,1-2H3/t14-,15-/m1/s1. The minimum Gasteiger partial charge on any atom is -0.376 e. The molecule has 18 heavy (non-hydrogen) atoms. The molecular formula is C16H25NO. The lowest BCUT2D eigenvalue weighted by Gasteiger charge is -2.39. The molecule has 1 heterocycles. The van der Waals surface area contributed by atoms with Gasteiger partial charge in [0.25, 0.3) is 0 Å². The third-order valence-electron chi connectivity index (χ3n) is 4.01. The van der Waals surface area contributed by atoms with E-state index in [9.17, 15) is 0 Å². The van der Waals surface area contributed by atoms with Gasteiger partial charge in [-0.15, -0.1) is 0 Å². The van der Waals surface area contributed by atoms with E-state index in [4.69, 9.17) is 10.5 Å². The minimum atomic E-state index is 0.0184. The summed E-state index contributed by atoms with van der Waals surface area (Å²) in [5.74, 6) is 1.28. The zero-order valence-corrected chi connectivity index (χ0v) is 11.6. The molecule has 1 fully saturated rings. The minimum absolute atomic E-state index is 0.0184. The summed E-state index contributed by atoms with van der Waals surface area (Å²) < 4.78 is 5.83. The van der Waals surface area contributed by atoms with Crippen LogP contribution in [0.15, 0.2) is 30.3 Å². The van der Waals surface area contributed by atoms with Gasteiger partial charge in [-0.2, -0.15) is 0 Å². The van der Waals surface area contributed by atoms with Crippen molar-refractivity contribution in [1.82, 2.24) is 0 Å². The third kappa shape index (κ3) is 3.33.